The quantitative estimate of drug-likeness (QED) is 0.765. The average Bonchev–Trinajstić information content (AvgIpc) is 3.07. The monoisotopic (exact) mass is 224 g/mol. The van der Waals surface area contributed by atoms with Crippen LogP contribution >= 0.6 is 0 Å². The molecular formula is C13H24N2O. The molecule has 0 radical (unpaired) electrons. The highest BCUT2D eigenvalue weighted by molar-refractivity contribution is 5.78. The van der Waals surface area contributed by atoms with Gasteiger partial charge in [-0.25, -0.2) is 0 Å². The third kappa shape index (κ3) is 2.76. The van der Waals surface area contributed by atoms with Crippen molar-refractivity contribution < 1.29 is 4.79 Å². The highest BCUT2D eigenvalue weighted by Gasteiger charge is 2.41. The molecule has 0 aromatic rings. The van der Waals surface area contributed by atoms with Crippen LogP contribution in [-0.4, -0.2) is 18.5 Å². The number of nitrogens with two attached hydrogens (primary N) is 1. The second-order valence-electron chi connectivity index (χ2n) is 5.69. The minimum atomic E-state index is 0.177. The molecule has 2 saturated carbocycles. The van der Waals surface area contributed by atoms with E-state index in [9.17, 15) is 4.79 Å². The number of amides is 1. The van der Waals surface area contributed by atoms with Gasteiger partial charge in [0.25, 0.3) is 0 Å². The topological polar surface area (TPSA) is 55.1 Å². The van der Waals surface area contributed by atoms with E-state index in [4.69, 9.17) is 5.73 Å². The van der Waals surface area contributed by atoms with Crippen LogP contribution in [0.4, 0.5) is 0 Å². The first-order valence-electron chi connectivity index (χ1n) is 6.68. The van der Waals surface area contributed by atoms with Gasteiger partial charge < -0.3 is 11.1 Å². The second kappa shape index (κ2) is 4.74. The molecule has 0 heterocycles. The Bertz CT molecular complexity index is 261. The average molecular weight is 224 g/mol. The first-order valence-corrected chi connectivity index (χ1v) is 6.68. The van der Waals surface area contributed by atoms with E-state index in [1.54, 1.807) is 0 Å². The molecule has 0 aliphatic heterocycles. The maximum Gasteiger partial charge on any atom is 0.223 e. The zero-order chi connectivity index (χ0) is 11.6. The van der Waals surface area contributed by atoms with E-state index in [2.05, 4.69) is 12.2 Å². The molecule has 2 atom stereocenters. The van der Waals surface area contributed by atoms with Gasteiger partial charge in [0.2, 0.25) is 5.91 Å². The first-order chi connectivity index (χ1) is 7.65. The Labute approximate surface area is 98.2 Å². The van der Waals surface area contributed by atoms with Crippen molar-refractivity contribution in [3.05, 3.63) is 0 Å². The van der Waals surface area contributed by atoms with Crippen LogP contribution in [0, 0.1) is 11.3 Å². The van der Waals surface area contributed by atoms with Crippen LogP contribution < -0.4 is 11.1 Å². The van der Waals surface area contributed by atoms with Crippen molar-refractivity contribution in [3.63, 3.8) is 0 Å². The Morgan fingerprint density at radius 2 is 2.19 bits per heavy atom. The van der Waals surface area contributed by atoms with Crippen molar-refractivity contribution in [3.8, 4) is 0 Å². The Morgan fingerprint density at radius 1 is 1.44 bits per heavy atom. The molecule has 0 saturated heterocycles. The lowest BCUT2D eigenvalue weighted by Gasteiger charge is -2.26. The molecule has 3 heteroatoms. The fourth-order valence-corrected chi connectivity index (χ4v) is 2.72. The molecule has 0 aromatic carbocycles. The molecule has 2 aliphatic carbocycles. The second-order valence-corrected chi connectivity index (χ2v) is 5.69. The normalized spacial score (nSPS) is 32.1. The summed E-state index contributed by atoms with van der Waals surface area (Å²) in [5, 5.41) is 3.13. The molecule has 3 nitrogen and oxygen atoms in total. The molecule has 2 rings (SSSR count). The van der Waals surface area contributed by atoms with Crippen molar-refractivity contribution >= 4 is 5.91 Å². The lowest BCUT2D eigenvalue weighted by molar-refractivity contribution is -0.126. The molecule has 2 aliphatic rings. The highest BCUT2D eigenvalue weighted by atomic mass is 16.1. The van der Waals surface area contributed by atoms with E-state index >= 15 is 0 Å². The summed E-state index contributed by atoms with van der Waals surface area (Å²) < 4.78 is 0. The van der Waals surface area contributed by atoms with Gasteiger partial charge in [-0.05, 0) is 43.9 Å². The van der Waals surface area contributed by atoms with Gasteiger partial charge in [-0.3, -0.25) is 4.79 Å². The lowest BCUT2D eigenvalue weighted by atomic mass is 9.85. The first kappa shape index (κ1) is 11.9. The molecule has 1 amide bonds. The van der Waals surface area contributed by atoms with Gasteiger partial charge in [-0.15, -0.1) is 0 Å². The van der Waals surface area contributed by atoms with Crippen molar-refractivity contribution in [2.75, 3.05) is 6.54 Å². The number of hydrogen-bond acceptors (Lipinski definition) is 2. The summed E-state index contributed by atoms with van der Waals surface area (Å²) >= 11 is 0. The Hall–Kier alpha value is -0.570. The molecule has 16 heavy (non-hydrogen) atoms. The molecule has 0 spiro atoms. The zero-order valence-corrected chi connectivity index (χ0v) is 10.3. The highest BCUT2D eigenvalue weighted by Crippen LogP contribution is 2.47. The van der Waals surface area contributed by atoms with E-state index in [1.165, 1.54) is 19.3 Å². The van der Waals surface area contributed by atoms with Crippen LogP contribution in [0.5, 0.6) is 0 Å². The summed E-state index contributed by atoms with van der Waals surface area (Å²) in [5.74, 6) is 0.422. The van der Waals surface area contributed by atoms with E-state index in [1.807, 2.05) is 0 Å². The van der Waals surface area contributed by atoms with E-state index in [-0.39, 0.29) is 17.9 Å². The van der Waals surface area contributed by atoms with Gasteiger partial charge in [0.1, 0.15) is 0 Å². The van der Waals surface area contributed by atoms with Crippen LogP contribution in [0.15, 0.2) is 0 Å². The predicted molar refractivity (Wildman–Crippen MR) is 64.9 cm³/mol. The summed E-state index contributed by atoms with van der Waals surface area (Å²) in [6.45, 7) is 3.10. The predicted octanol–water partition coefficient (Wildman–Crippen LogP) is 1.81. The van der Waals surface area contributed by atoms with Crippen molar-refractivity contribution in [1.82, 2.24) is 5.32 Å². The van der Waals surface area contributed by atoms with Gasteiger partial charge in [0.15, 0.2) is 0 Å². The van der Waals surface area contributed by atoms with E-state index in [0.29, 0.717) is 5.41 Å². The Morgan fingerprint density at radius 3 is 2.75 bits per heavy atom. The lowest BCUT2D eigenvalue weighted by Crippen LogP contribution is -2.39. The smallest absolute Gasteiger partial charge is 0.223 e. The van der Waals surface area contributed by atoms with Crippen LogP contribution in [0.2, 0.25) is 0 Å². The molecule has 2 fully saturated rings. The Balaban J connectivity index is 1.75. The number of hydrogen-bond donors (Lipinski definition) is 2. The van der Waals surface area contributed by atoms with Gasteiger partial charge in [-0.1, -0.05) is 13.3 Å². The Kier molecular flexibility index (Phi) is 3.53. The minimum Gasteiger partial charge on any atom is -0.355 e. The van der Waals surface area contributed by atoms with Gasteiger partial charge >= 0.3 is 0 Å². The summed E-state index contributed by atoms with van der Waals surface area (Å²) in [6.07, 6.45) is 7.86. The molecule has 92 valence electrons. The van der Waals surface area contributed by atoms with Gasteiger partial charge in [0.05, 0.1) is 0 Å². The molecule has 3 N–H and O–H groups in total. The fraction of sp³-hybridized carbons (Fsp3) is 0.923. The van der Waals surface area contributed by atoms with Gasteiger partial charge in [-0.2, -0.15) is 0 Å². The summed E-state index contributed by atoms with van der Waals surface area (Å²) in [7, 11) is 0. The molecular weight excluding hydrogens is 200 g/mol. The van der Waals surface area contributed by atoms with Gasteiger partial charge in [0, 0.05) is 18.5 Å². The SMILES string of the molecule is CCC1(CNC(=O)C2CCCC(N)C2)CC1. The van der Waals surface area contributed by atoms with Crippen LogP contribution in [0.1, 0.15) is 51.9 Å². The third-order valence-corrected chi connectivity index (χ3v) is 4.43. The van der Waals surface area contributed by atoms with Crippen molar-refractivity contribution in [2.45, 2.75) is 57.9 Å². The summed E-state index contributed by atoms with van der Waals surface area (Å²) in [4.78, 5) is 12.0. The van der Waals surface area contributed by atoms with E-state index < -0.39 is 0 Å². The van der Waals surface area contributed by atoms with Crippen molar-refractivity contribution in [1.29, 1.82) is 0 Å². The summed E-state index contributed by atoms with van der Waals surface area (Å²) in [6, 6.07) is 0.241. The zero-order valence-electron chi connectivity index (χ0n) is 10.3. The number of carbonyl (C=O) groups excluding carboxylic acids is 1. The standard InChI is InChI=1S/C13H24N2O/c1-2-13(6-7-13)9-15-12(16)10-4-3-5-11(14)8-10/h10-11H,2-9,14H2,1H3,(H,15,16). The molecule has 0 aromatic heterocycles. The minimum absolute atomic E-state index is 0.177. The summed E-state index contributed by atoms with van der Waals surface area (Å²) in [5.41, 5.74) is 6.35. The van der Waals surface area contributed by atoms with Crippen LogP contribution in [0.25, 0.3) is 0 Å². The van der Waals surface area contributed by atoms with Crippen LogP contribution in [-0.2, 0) is 4.79 Å². The van der Waals surface area contributed by atoms with E-state index in [0.717, 1.165) is 32.2 Å². The molecule has 0 bridgehead atoms. The number of nitrogens with one attached hydrogen (secondary N) is 1. The number of carbonyl (C=O) groups is 1. The largest absolute Gasteiger partial charge is 0.355 e. The van der Waals surface area contributed by atoms with Crippen LogP contribution in [0.3, 0.4) is 0 Å². The maximum atomic E-state index is 12.0. The fourth-order valence-electron chi connectivity index (χ4n) is 2.72. The van der Waals surface area contributed by atoms with Crippen molar-refractivity contribution in [2.24, 2.45) is 17.1 Å². The third-order valence-electron chi connectivity index (χ3n) is 4.43. The molecule has 2 unspecified atom stereocenters. The number of rotatable bonds is 4. The maximum absolute atomic E-state index is 12.0.